The van der Waals surface area contributed by atoms with E-state index < -0.39 is 9.05 Å². The van der Waals surface area contributed by atoms with Crippen LogP contribution in [0.5, 0.6) is 0 Å². The Balaban J connectivity index is -0.000000125. The normalized spacial score (nSPS) is 10.3. The van der Waals surface area contributed by atoms with E-state index in [4.69, 9.17) is 14.4 Å². The van der Waals surface area contributed by atoms with Gasteiger partial charge in [0.15, 0.2) is 0 Å². The summed E-state index contributed by atoms with van der Waals surface area (Å²) in [6.45, 7) is 0. The van der Waals surface area contributed by atoms with Gasteiger partial charge in [0.25, 0.3) is 0 Å². The molecule has 0 aliphatic rings. The van der Waals surface area contributed by atoms with Gasteiger partial charge in [0.2, 0.25) is 0 Å². The Morgan fingerprint density at radius 3 is 1.57 bits per heavy atom. The fourth-order valence-corrected chi connectivity index (χ4v) is 0. The second-order valence-electron chi connectivity index (χ2n) is 0.778. The summed E-state index contributed by atoms with van der Waals surface area (Å²) in [6.07, 6.45) is 0. The first-order chi connectivity index (χ1) is 2.56. The fourth-order valence-electron chi connectivity index (χ4n) is 0. The molecule has 3 N–H and O–H groups in total. The van der Waals surface area contributed by atoms with Gasteiger partial charge in [-0.15, -0.1) is 0 Å². The van der Waals surface area contributed by atoms with Crippen LogP contribution in [0.3, 0.4) is 0 Å². The molecule has 0 radical (unpaired) electrons. The summed E-state index contributed by atoms with van der Waals surface area (Å²) in [5, 5.41) is 0. The van der Waals surface area contributed by atoms with Crippen LogP contribution in [-0.4, -0.2) is 30.5 Å². The largest absolute Gasteiger partial charge is 1.00 e. The van der Waals surface area contributed by atoms with E-state index in [-0.39, 0.29) is 52.8 Å². The minimum atomic E-state index is -4.13. The van der Waals surface area contributed by atoms with Crippen molar-refractivity contribution < 1.29 is 71.6 Å². The van der Waals surface area contributed by atoms with Crippen LogP contribution < -0.4 is 51.4 Å². The zero-order chi connectivity index (χ0) is 5.21. The first-order valence-corrected chi connectivity index (χ1v) is 3.03. The third-order valence-electron chi connectivity index (χ3n) is 0.274. The van der Waals surface area contributed by atoms with Gasteiger partial charge in [0, 0.05) is 7.11 Å². The van der Waals surface area contributed by atoms with Crippen molar-refractivity contribution in [3.8, 4) is 0 Å². The van der Waals surface area contributed by atoms with Crippen molar-refractivity contribution in [3.05, 3.63) is 0 Å². The second-order valence-corrected chi connectivity index (χ2v) is 2.33. The average molecular weight is 150 g/mol. The Morgan fingerprint density at radius 1 is 1.43 bits per heavy atom. The zero-order valence-electron chi connectivity index (χ0n) is 5.25. The molecule has 6 heteroatoms. The third kappa shape index (κ3) is 11.3. The number of hydrogen-bond acceptors (Lipinski definition) is 4. The quantitative estimate of drug-likeness (QED) is 0.328. The van der Waals surface area contributed by atoms with Crippen molar-refractivity contribution >= 4 is 9.05 Å². The van der Waals surface area contributed by atoms with E-state index in [0.717, 1.165) is 7.11 Å². The Hall–Kier alpha value is 1.69. The van der Waals surface area contributed by atoms with Crippen molar-refractivity contribution in [1.82, 2.24) is 0 Å². The minimum Gasteiger partial charge on any atom is -1.00 e. The maximum Gasteiger partial charge on any atom is 1.00 e. The minimum absolute atomic E-state index is 0. The van der Waals surface area contributed by atoms with E-state index in [0.29, 0.717) is 0 Å². The van der Waals surface area contributed by atoms with E-state index in [9.17, 15) is 0 Å². The summed E-state index contributed by atoms with van der Waals surface area (Å²) in [7, 11) is -3.11. The van der Waals surface area contributed by atoms with Crippen LogP contribution >= 0.6 is 0 Å². The van der Waals surface area contributed by atoms with E-state index >= 15 is 0 Å². The standard InChI is InChI=1S/CH6O4Si.K.H/c1-5-6(2,3)4;;/h2-4H,1H3;;/q;+1;-1. The monoisotopic (exact) mass is 150 g/mol. The van der Waals surface area contributed by atoms with Gasteiger partial charge >= 0.3 is 60.4 Å². The number of rotatable bonds is 1. The van der Waals surface area contributed by atoms with Crippen LogP contribution in [0.1, 0.15) is 1.43 Å². The van der Waals surface area contributed by atoms with Crippen molar-refractivity contribution in [2.75, 3.05) is 7.11 Å². The Morgan fingerprint density at radius 2 is 1.57 bits per heavy atom. The van der Waals surface area contributed by atoms with Crippen molar-refractivity contribution in [1.29, 1.82) is 0 Å². The fraction of sp³-hybridized carbons (Fsp3) is 1.00. The molecule has 7 heavy (non-hydrogen) atoms. The van der Waals surface area contributed by atoms with Gasteiger partial charge in [-0.25, -0.2) is 0 Å². The molecule has 0 aliphatic carbocycles. The Labute approximate surface area is 86.5 Å². The summed E-state index contributed by atoms with van der Waals surface area (Å²) in [6, 6.07) is 0. The molecule has 0 spiro atoms. The van der Waals surface area contributed by atoms with Gasteiger partial charge in [-0.3, -0.25) is 0 Å². The maximum atomic E-state index is 7.85. The van der Waals surface area contributed by atoms with Crippen LogP contribution in [0.2, 0.25) is 0 Å². The molecule has 0 saturated carbocycles. The molecule has 0 aliphatic heterocycles. The van der Waals surface area contributed by atoms with Gasteiger partial charge in [0.05, 0.1) is 0 Å². The van der Waals surface area contributed by atoms with E-state index in [1.54, 1.807) is 0 Å². The molecule has 0 amide bonds. The van der Waals surface area contributed by atoms with Gasteiger partial charge in [-0.05, 0) is 0 Å². The molecular formula is CH7KO4Si. The molecule has 0 rings (SSSR count). The van der Waals surface area contributed by atoms with Gasteiger partial charge < -0.3 is 20.2 Å². The van der Waals surface area contributed by atoms with E-state index in [2.05, 4.69) is 4.43 Å². The molecule has 0 aromatic rings. The number of hydrogen-bond donors (Lipinski definition) is 3. The molecule has 4 nitrogen and oxygen atoms in total. The Kier molecular flexibility index (Phi) is 7.48. The smallest absolute Gasteiger partial charge is 1.00 e. The summed E-state index contributed by atoms with van der Waals surface area (Å²) >= 11 is 0. The predicted octanol–water partition coefficient (Wildman–Crippen LogP) is -4.84. The topological polar surface area (TPSA) is 69.9 Å². The molecule has 0 heterocycles. The van der Waals surface area contributed by atoms with E-state index in [1.165, 1.54) is 0 Å². The molecule has 40 valence electrons. The van der Waals surface area contributed by atoms with Crippen LogP contribution in [0.4, 0.5) is 0 Å². The molecule has 0 fully saturated rings. The zero-order valence-corrected chi connectivity index (χ0v) is 8.37. The van der Waals surface area contributed by atoms with Crippen molar-refractivity contribution in [2.45, 2.75) is 0 Å². The first-order valence-electron chi connectivity index (χ1n) is 1.28. The molecule has 0 aromatic heterocycles. The van der Waals surface area contributed by atoms with Gasteiger partial charge in [0.1, 0.15) is 0 Å². The van der Waals surface area contributed by atoms with Crippen LogP contribution in [0, 0.1) is 0 Å². The molecule has 0 bridgehead atoms. The molecule has 0 saturated heterocycles. The van der Waals surface area contributed by atoms with Crippen LogP contribution in [0.15, 0.2) is 0 Å². The Bertz CT molecular complexity index is 45.8. The summed E-state index contributed by atoms with van der Waals surface area (Å²) in [5.74, 6) is 0. The molecule has 0 atom stereocenters. The summed E-state index contributed by atoms with van der Waals surface area (Å²) in [4.78, 5) is 23.6. The molecular weight excluding hydrogens is 143 g/mol. The van der Waals surface area contributed by atoms with Crippen molar-refractivity contribution in [2.24, 2.45) is 0 Å². The van der Waals surface area contributed by atoms with E-state index in [1.807, 2.05) is 0 Å². The average Bonchev–Trinajstić information content (AvgIpc) is 1.35. The molecule has 0 unspecified atom stereocenters. The first kappa shape index (κ1) is 11.5. The van der Waals surface area contributed by atoms with Crippen LogP contribution in [0.25, 0.3) is 0 Å². The third-order valence-corrected chi connectivity index (χ3v) is 0.822. The summed E-state index contributed by atoms with van der Waals surface area (Å²) in [5.41, 5.74) is 0. The predicted molar refractivity (Wildman–Crippen MR) is 20.5 cm³/mol. The SMILES string of the molecule is CO[Si](O)(O)O.[H-].[K+]. The summed E-state index contributed by atoms with van der Waals surface area (Å²) < 4.78 is 3.74. The van der Waals surface area contributed by atoms with Crippen LogP contribution in [-0.2, 0) is 4.43 Å². The molecule has 0 aromatic carbocycles. The second kappa shape index (κ2) is 4.56. The van der Waals surface area contributed by atoms with Gasteiger partial charge in [-0.2, -0.15) is 0 Å². The maximum absolute atomic E-state index is 7.85. The van der Waals surface area contributed by atoms with Crippen molar-refractivity contribution in [3.63, 3.8) is 0 Å². The van der Waals surface area contributed by atoms with Gasteiger partial charge in [-0.1, -0.05) is 0 Å².